The lowest BCUT2D eigenvalue weighted by Gasteiger charge is -2.17. The van der Waals surface area contributed by atoms with Crippen molar-refractivity contribution in [1.29, 1.82) is 0 Å². The second kappa shape index (κ2) is 6.09. The fraction of sp³-hybridized carbons (Fsp3) is 0.444. The summed E-state index contributed by atoms with van der Waals surface area (Å²) in [6, 6.07) is 5.76. The van der Waals surface area contributed by atoms with Crippen molar-refractivity contribution in [2.45, 2.75) is 39.7 Å². The van der Waals surface area contributed by atoms with Crippen LogP contribution in [0.1, 0.15) is 46.7 Å². The third-order valence-electron chi connectivity index (χ3n) is 3.84. The smallest absolute Gasteiger partial charge is 0.265 e. The van der Waals surface area contributed by atoms with Gasteiger partial charge in [-0.15, -0.1) is 11.3 Å². The highest BCUT2D eigenvalue weighted by atomic mass is 32.1. The summed E-state index contributed by atoms with van der Waals surface area (Å²) in [5.74, 6) is 1.48. The van der Waals surface area contributed by atoms with Crippen molar-refractivity contribution in [2.75, 3.05) is 13.8 Å². The second-order valence-corrected chi connectivity index (χ2v) is 8.03. The maximum atomic E-state index is 12.8. The van der Waals surface area contributed by atoms with Crippen molar-refractivity contribution in [2.24, 2.45) is 0 Å². The Bertz CT molecular complexity index is 777. The van der Waals surface area contributed by atoms with Crippen LogP contribution in [0, 0.1) is 6.92 Å². The molecule has 0 saturated carbocycles. The molecule has 2 aromatic rings. The minimum atomic E-state index is -0.0517. The van der Waals surface area contributed by atoms with E-state index in [1.54, 1.807) is 4.90 Å². The van der Waals surface area contributed by atoms with E-state index in [0.29, 0.717) is 11.4 Å². The van der Waals surface area contributed by atoms with Gasteiger partial charge in [0.2, 0.25) is 6.79 Å². The topological polar surface area (TPSA) is 51.7 Å². The molecule has 1 aromatic carbocycles. The minimum absolute atomic E-state index is 0.00170. The van der Waals surface area contributed by atoms with E-state index in [0.717, 1.165) is 27.8 Å². The number of rotatable bonds is 3. The summed E-state index contributed by atoms with van der Waals surface area (Å²) in [5.41, 5.74) is 1.75. The Morgan fingerprint density at radius 3 is 2.67 bits per heavy atom. The van der Waals surface area contributed by atoms with E-state index in [1.807, 2.05) is 32.2 Å². The summed E-state index contributed by atoms with van der Waals surface area (Å²) in [6.45, 7) is 8.98. The average molecular weight is 346 g/mol. The zero-order valence-corrected chi connectivity index (χ0v) is 15.5. The van der Waals surface area contributed by atoms with E-state index in [-0.39, 0.29) is 18.1 Å². The van der Waals surface area contributed by atoms with Crippen LogP contribution in [0.15, 0.2) is 18.2 Å². The van der Waals surface area contributed by atoms with Crippen molar-refractivity contribution in [3.05, 3.63) is 39.3 Å². The Morgan fingerprint density at radius 2 is 2.00 bits per heavy atom. The molecule has 5 nitrogen and oxygen atoms in total. The fourth-order valence-electron chi connectivity index (χ4n) is 2.47. The quantitative estimate of drug-likeness (QED) is 0.849. The maximum absolute atomic E-state index is 12.8. The Kier molecular flexibility index (Phi) is 4.25. The van der Waals surface area contributed by atoms with Crippen molar-refractivity contribution >= 4 is 17.2 Å². The minimum Gasteiger partial charge on any atom is -0.454 e. The van der Waals surface area contributed by atoms with Gasteiger partial charge in [-0.05, 0) is 24.6 Å². The number of ether oxygens (including phenoxy) is 2. The van der Waals surface area contributed by atoms with Crippen molar-refractivity contribution in [3.8, 4) is 11.5 Å². The molecular formula is C18H22N2O3S. The van der Waals surface area contributed by atoms with E-state index < -0.39 is 0 Å². The first-order valence-electron chi connectivity index (χ1n) is 7.87. The van der Waals surface area contributed by atoms with Crippen molar-refractivity contribution in [1.82, 2.24) is 9.88 Å². The van der Waals surface area contributed by atoms with Gasteiger partial charge in [0.1, 0.15) is 4.88 Å². The molecule has 0 atom stereocenters. The van der Waals surface area contributed by atoms with Crippen LogP contribution in [-0.4, -0.2) is 29.6 Å². The molecule has 0 radical (unpaired) electrons. The maximum Gasteiger partial charge on any atom is 0.265 e. The van der Waals surface area contributed by atoms with Gasteiger partial charge < -0.3 is 14.4 Å². The van der Waals surface area contributed by atoms with Gasteiger partial charge in [0.25, 0.3) is 5.91 Å². The molecule has 6 heteroatoms. The molecule has 24 heavy (non-hydrogen) atoms. The van der Waals surface area contributed by atoms with E-state index >= 15 is 0 Å². The summed E-state index contributed by atoms with van der Waals surface area (Å²) < 4.78 is 10.7. The van der Waals surface area contributed by atoms with E-state index in [4.69, 9.17) is 9.47 Å². The molecule has 0 saturated heterocycles. The summed E-state index contributed by atoms with van der Waals surface area (Å²) in [7, 11) is 1.81. The van der Waals surface area contributed by atoms with Crippen LogP contribution in [0.2, 0.25) is 0 Å². The Balaban J connectivity index is 1.76. The van der Waals surface area contributed by atoms with Crippen LogP contribution in [-0.2, 0) is 12.0 Å². The molecule has 1 amide bonds. The fourth-order valence-corrected chi connectivity index (χ4v) is 3.59. The van der Waals surface area contributed by atoms with Gasteiger partial charge in [-0.25, -0.2) is 4.98 Å². The summed E-state index contributed by atoms with van der Waals surface area (Å²) in [4.78, 5) is 19.8. The SMILES string of the molecule is Cc1nc(C(C)(C)C)sc1C(=O)N(C)Cc1ccc2c(c1)OCO2. The van der Waals surface area contributed by atoms with Crippen molar-refractivity contribution in [3.63, 3.8) is 0 Å². The number of amides is 1. The Hall–Kier alpha value is -2.08. The number of carbonyl (C=O) groups excluding carboxylic acids is 1. The highest BCUT2D eigenvalue weighted by molar-refractivity contribution is 7.14. The lowest BCUT2D eigenvalue weighted by Crippen LogP contribution is -2.26. The largest absolute Gasteiger partial charge is 0.454 e. The molecule has 1 aliphatic heterocycles. The number of aryl methyl sites for hydroxylation is 1. The molecule has 0 unspecified atom stereocenters. The normalized spacial score (nSPS) is 13.2. The van der Waals surface area contributed by atoms with Gasteiger partial charge in [0, 0.05) is 19.0 Å². The van der Waals surface area contributed by atoms with Crippen LogP contribution in [0.4, 0.5) is 0 Å². The lowest BCUT2D eigenvalue weighted by molar-refractivity contribution is 0.0789. The third-order valence-corrected chi connectivity index (χ3v) is 5.41. The predicted molar refractivity (Wildman–Crippen MR) is 93.9 cm³/mol. The number of nitrogens with zero attached hydrogens (tertiary/aromatic N) is 2. The van der Waals surface area contributed by atoms with E-state index in [2.05, 4.69) is 25.8 Å². The van der Waals surface area contributed by atoms with Gasteiger partial charge in [0.15, 0.2) is 11.5 Å². The Morgan fingerprint density at radius 1 is 1.29 bits per heavy atom. The molecule has 0 spiro atoms. The average Bonchev–Trinajstić information content (AvgIpc) is 3.11. The summed E-state index contributed by atoms with van der Waals surface area (Å²) in [6.07, 6.45) is 0. The molecule has 1 aliphatic rings. The molecule has 0 bridgehead atoms. The zero-order chi connectivity index (χ0) is 17.5. The summed E-state index contributed by atoms with van der Waals surface area (Å²) >= 11 is 1.49. The number of hydrogen-bond acceptors (Lipinski definition) is 5. The van der Waals surface area contributed by atoms with Gasteiger partial charge in [-0.2, -0.15) is 0 Å². The molecular weight excluding hydrogens is 324 g/mol. The van der Waals surface area contributed by atoms with E-state index in [1.165, 1.54) is 11.3 Å². The molecule has 0 fully saturated rings. The lowest BCUT2D eigenvalue weighted by atomic mass is 9.98. The number of fused-ring (bicyclic) bond motifs is 1. The first-order valence-corrected chi connectivity index (χ1v) is 8.69. The van der Waals surface area contributed by atoms with Gasteiger partial charge in [-0.1, -0.05) is 26.8 Å². The van der Waals surface area contributed by atoms with Crippen LogP contribution in [0.25, 0.3) is 0 Å². The number of carbonyl (C=O) groups is 1. The predicted octanol–water partition coefficient (Wildman–Crippen LogP) is 3.75. The Labute approximate surface area is 146 Å². The first kappa shape index (κ1) is 16.8. The molecule has 128 valence electrons. The van der Waals surface area contributed by atoms with Gasteiger partial charge >= 0.3 is 0 Å². The molecule has 0 aliphatic carbocycles. The van der Waals surface area contributed by atoms with Gasteiger partial charge in [0.05, 0.1) is 10.7 Å². The standard InChI is InChI=1S/C18H22N2O3S/c1-11-15(24-17(19-11)18(2,3)4)16(21)20(5)9-12-6-7-13-14(8-12)23-10-22-13/h6-8H,9-10H2,1-5H3. The monoisotopic (exact) mass is 346 g/mol. The molecule has 2 heterocycles. The number of benzene rings is 1. The summed E-state index contributed by atoms with van der Waals surface area (Å²) in [5, 5.41) is 0.986. The van der Waals surface area contributed by atoms with Crippen LogP contribution < -0.4 is 9.47 Å². The van der Waals surface area contributed by atoms with Gasteiger partial charge in [-0.3, -0.25) is 4.79 Å². The molecule has 1 aromatic heterocycles. The van der Waals surface area contributed by atoms with Crippen LogP contribution in [0.3, 0.4) is 0 Å². The zero-order valence-electron chi connectivity index (χ0n) is 14.7. The highest BCUT2D eigenvalue weighted by Gasteiger charge is 2.25. The number of aromatic nitrogens is 1. The number of hydrogen-bond donors (Lipinski definition) is 0. The van der Waals surface area contributed by atoms with Crippen LogP contribution >= 0.6 is 11.3 Å². The van der Waals surface area contributed by atoms with E-state index in [9.17, 15) is 4.79 Å². The van der Waals surface area contributed by atoms with Crippen LogP contribution in [0.5, 0.6) is 11.5 Å². The number of thiazole rings is 1. The third kappa shape index (κ3) is 3.24. The second-order valence-electron chi connectivity index (χ2n) is 7.03. The van der Waals surface area contributed by atoms with Crippen molar-refractivity contribution < 1.29 is 14.3 Å². The first-order chi connectivity index (χ1) is 11.3. The highest BCUT2D eigenvalue weighted by Crippen LogP contribution is 2.33. The molecule has 3 rings (SSSR count). The molecule has 0 N–H and O–H groups in total.